The molecule has 0 aliphatic carbocycles. The van der Waals surface area contributed by atoms with Crippen LogP contribution in [0.2, 0.25) is 0 Å². The second-order valence-corrected chi connectivity index (χ2v) is 5.79. The highest BCUT2D eigenvalue weighted by atomic mass is 127. The van der Waals surface area contributed by atoms with E-state index in [0.29, 0.717) is 0 Å². The van der Waals surface area contributed by atoms with Gasteiger partial charge in [-0.1, -0.05) is 25.1 Å². The number of halogens is 2. The second-order valence-electron chi connectivity index (χ2n) is 4.54. The highest BCUT2D eigenvalue weighted by Gasteiger charge is 2.15. The molecule has 0 saturated carbocycles. The summed E-state index contributed by atoms with van der Waals surface area (Å²) in [5.74, 6) is -0.186. The van der Waals surface area contributed by atoms with Gasteiger partial charge < -0.3 is 5.32 Å². The number of hydrogen-bond acceptors (Lipinski definition) is 1. The molecular formula is C16H17FIN. The van der Waals surface area contributed by atoms with Crippen LogP contribution in [0.1, 0.15) is 29.7 Å². The average Bonchev–Trinajstić information content (AvgIpc) is 2.40. The maximum atomic E-state index is 13.5. The van der Waals surface area contributed by atoms with E-state index in [0.717, 1.165) is 23.2 Å². The van der Waals surface area contributed by atoms with Gasteiger partial charge in [0.1, 0.15) is 5.82 Å². The van der Waals surface area contributed by atoms with Crippen molar-refractivity contribution in [1.29, 1.82) is 0 Å². The number of benzene rings is 2. The van der Waals surface area contributed by atoms with Crippen molar-refractivity contribution in [1.82, 2.24) is 5.32 Å². The van der Waals surface area contributed by atoms with Crippen LogP contribution < -0.4 is 5.32 Å². The van der Waals surface area contributed by atoms with Gasteiger partial charge in [0.25, 0.3) is 0 Å². The van der Waals surface area contributed by atoms with Crippen molar-refractivity contribution in [2.24, 2.45) is 0 Å². The van der Waals surface area contributed by atoms with Crippen LogP contribution in [-0.2, 0) is 0 Å². The summed E-state index contributed by atoms with van der Waals surface area (Å²) in [5.41, 5.74) is 3.27. The third kappa shape index (κ3) is 3.54. The van der Waals surface area contributed by atoms with Crippen molar-refractivity contribution in [3.05, 3.63) is 68.5 Å². The molecule has 0 spiro atoms. The molecule has 0 heterocycles. The zero-order chi connectivity index (χ0) is 13.8. The van der Waals surface area contributed by atoms with Crippen LogP contribution in [0, 0.1) is 16.3 Å². The molecule has 0 saturated heterocycles. The molecule has 2 rings (SSSR count). The summed E-state index contributed by atoms with van der Waals surface area (Å²) in [6.07, 6.45) is 0. The summed E-state index contributed by atoms with van der Waals surface area (Å²) >= 11 is 2.29. The van der Waals surface area contributed by atoms with Gasteiger partial charge in [0.2, 0.25) is 0 Å². The Bertz CT molecular complexity index is 551. The van der Waals surface area contributed by atoms with Gasteiger partial charge in [0, 0.05) is 3.57 Å². The van der Waals surface area contributed by atoms with Crippen molar-refractivity contribution in [2.75, 3.05) is 6.54 Å². The predicted molar refractivity (Wildman–Crippen MR) is 85.8 cm³/mol. The van der Waals surface area contributed by atoms with E-state index in [1.165, 1.54) is 9.64 Å². The summed E-state index contributed by atoms with van der Waals surface area (Å²) in [6, 6.07) is 13.4. The van der Waals surface area contributed by atoms with E-state index in [1.807, 2.05) is 13.0 Å². The first-order valence-corrected chi connectivity index (χ1v) is 7.44. The predicted octanol–water partition coefficient (Wildman–Crippen LogP) is 4.44. The number of nitrogens with one attached hydrogen (secondary N) is 1. The molecule has 2 aromatic rings. The highest BCUT2D eigenvalue weighted by Crippen LogP contribution is 2.26. The first-order valence-electron chi connectivity index (χ1n) is 6.36. The fourth-order valence-electron chi connectivity index (χ4n) is 2.19. The lowest BCUT2D eigenvalue weighted by Crippen LogP contribution is -2.23. The first-order chi connectivity index (χ1) is 9.11. The molecule has 1 atom stereocenters. The maximum Gasteiger partial charge on any atom is 0.123 e. The fourth-order valence-corrected chi connectivity index (χ4v) is 2.55. The van der Waals surface area contributed by atoms with Gasteiger partial charge in [-0.2, -0.15) is 0 Å². The standard InChI is InChI=1S/C16H17FIN/c1-3-19-16(12-5-8-14(18)9-6-12)15-10-13(17)7-4-11(15)2/h4-10,16,19H,3H2,1-2H3. The largest absolute Gasteiger partial charge is 0.307 e. The van der Waals surface area contributed by atoms with Crippen molar-refractivity contribution < 1.29 is 4.39 Å². The maximum absolute atomic E-state index is 13.5. The Balaban J connectivity index is 2.44. The molecule has 1 N–H and O–H groups in total. The van der Waals surface area contributed by atoms with Crippen LogP contribution in [0.15, 0.2) is 42.5 Å². The van der Waals surface area contributed by atoms with E-state index in [2.05, 4.69) is 59.1 Å². The molecule has 1 unspecified atom stereocenters. The zero-order valence-electron chi connectivity index (χ0n) is 11.1. The Labute approximate surface area is 127 Å². The van der Waals surface area contributed by atoms with Crippen molar-refractivity contribution in [3.63, 3.8) is 0 Å². The van der Waals surface area contributed by atoms with Gasteiger partial charge in [-0.25, -0.2) is 4.39 Å². The van der Waals surface area contributed by atoms with E-state index in [4.69, 9.17) is 0 Å². The summed E-state index contributed by atoms with van der Waals surface area (Å²) in [5, 5.41) is 3.43. The Morgan fingerprint density at radius 1 is 1.16 bits per heavy atom. The summed E-state index contributed by atoms with van der Waals surface area (Å²) in [4.78, 5) is 0. The molecule has 0 aliphatic rings. The molecule has 19 heavy (non-hydrogen) atoms. The molecule has 3 heteroatoms. The third-order valence-electron chi connectivity index (χ3n) is 3.16. The lowest BCUT2D eigenvalue weighted by Gasteiger charge is -2.21. The van der Waals surface area contributed by atoms with E-state index in [9.17, 15) is 4.39 Å². The molecule has 0 radical (unpaired) electrons. The highest BCUT2D eigenvalue weighted by molar-refractivity contribution is 14.1. The quantitative estimate of drug-likeness (QED) is 0.786. The summed E-state index contributed by atoms with van der Waals surface area (Å²) in [7, 11) is 0. The Kier molecular flexibility index (Phi) is 4.93. The van der Waals surface area contributed by atoms with Gasteiger partial charge in [-0.05, 0) is 77.0 Å². The normalized spacial score (nSPS) is 12.4. The molecule has 100 valence electrons. The first kappa shape index (κ1) is 14.5. The average molecular weight is 369 g/mol. The summed E-state index contributed by atoms with van der Waals surface area (Å²) < 4.78 is 14.7. The number of aryl methyl sites for hydroxylation is 1. The summed E-state index contributed by atoms with van der Waals surface area (Å²) in [6.45, 7) is 4.92. The second kappa shape index (κ2) is 6.48. The van der Waals surface area contributed by atoms with E-state index >= 15 is 0 Å². The van der Waals surface area contributed by atoms with E-state index < -0.39 is 0 Å². The molecule has 0 bridgehead atoms. The Morgan fingerprint density at radius 3 is 2.47 bits per heavy atom. The van der Waals surface area contributed by atoms with E-state index in [-0.39, 0.29) is 11.9 Å². The van der Waals surface area contributed by atoms with Crippen LogP contribution in [0.5, 0.6) is 0 Å². The van der Waals surface area contributed by atoms with Gasteiger partial charge >= 0.3 is 0 Å². The molecule has 0 fully saturated rings. The minimum absolute atomic E-state index is 0.0395. The van der Waals surface area contributed by atoms with Gasteiger partial charge in [0.15, 0.2) is 0 Å². The topological polar surface area (TPSA) is 12.0 Å². The van der Waals surface area contributed by atoms with Crippen molar-refractivity contribution in [3.8, 4) is 0 Å². The van der Waals surface area contributed by atoms with E-state index in [1.54, 1.807) is 6.07 Å². The van der Waals surface area contributed by atoms with Crippen LogP contribution >= 0.6 is 22.6 Å². The fraction of sp³-hybridized carbons (Fsp3) is 0.250. The minimum atomic E-state index is -0.186. The third-order valence-corrected chi connectivity index (χ3v) is 3.88. The van der Waals surface area contributed by atoms with Crippen LogP contribution in [-0.4, -0.2) is 6.54 Å². The molecule has 1 nitrogen and oxygen atoms in total. The number of hydrogen-bond donors (Lipinski definition) is 1. The van der Waals surface area contributed by atoms with Gasteiger partial charge in [-0.3, -0.25) is 0 Å². The smallest absolute Gasteiger partial charge is 0.123 e. The van der Waals surface area contributed by atoms with Gasteiger partial charge in [0.05, 0.1) is 6.04 Å². The van der Waals surface area contributed by atoms with Gasteiger partial charge in [-0.15, -0.1) is 0 Å². The van der Waals surface area contributed by atoms with Crippen molar-refractivity contribution in [2.45, 2.75) is 19.9 Å². The van der Waals surface area contributed by atoms with Crippen molar-refractivity contribution >= 4 is 22.6 Å². The molecule has 0 amide bonds. The lowest BCUT2D eigenvalue weighted by molar-refractivity contribution is 0.600. The molecule has 0 aromatic heterocycles. The monoisotopic (exact) mass is 369 g/mol. The zero-order valence-corrected chi connectivity index (χ0v) is 13.2. The number of rotatable bonds is 4. The lowest BCUT2D eigenvalue weighted by atomic mass is 9.95. The minimum Gasteiger partial charge on any atom is -0.307 e. The van der Waals surface area contributed by atoms with Crippen LogP contribution in [0.3, 0.4) is 0 Å². The molecular weight excluding hydrogens is 352 g/mol. The SMILES string of the molecule is CCNC(c1ccc(I)cc1)c1cc(F)ccc1C. The Hall–Kier alpha value is -0.940. The van der Waals surface area contributed by atoms with Crippen LogP contribution in [0.25, 0.3) is 0 Å². The molecule has 0 aliphatic heterocycles. The molecule has 2 aromatic carbocycles. The Morgan fingerprint density at radius 2 is 1.84 bits per heavy atom. The van der Waals surface area contributed by atoms with Crippen LogP contribution in [0.4, 0.5) is 4.39 Å².